The normalized spacial score (nSPS) is 22.7. The second kappa shape index (κ2) is 9.41. The second-order valence-corrected chi connectivity index (χ2v) is 13.0. The molecule has 4 nitrogen and oxygen atoms in total. The number of hydrogen-bond acceptors (Lipinski definition) is 4. The van der Waals surface area contributed by atoms with Crippen LogP contribution in [-0.4, -0.2) is 23.3 Å². The largest absolute Gasteiger partial charge is 0.494 e. The molecule has 0 radical (unpaired) electrons. The molecule has 0 saturated carbocycles. The van der Waals surface area contributed by atoms with Crippen molar-refractivity contribution in [3.8, 4) is 22.6 Å². The molecule has 4 aromatic carbocycles. The summed E-state index contributed by atoms with van der Waals surface area (Å²) in [6, 6.07) is 36.8. The Morgan fingerprint density at radius 1 is 0.721 bits per heavy atom. The predicted molar refractivity (Wildman–Crippen MR) is 172 cm³/mol. The van der Waals surface area contributed by atoms with Crippen molar-refractivity contribution in [2.24, 2.45) is 5.92 Å². The summed E-state index contributed by atoms with van der Waals surface area (Å²) in [7, 11) is -0.419. The molecule has 0 N–H and O–H groups in total. The van der Waals surface area contributed by atoms with Crippen LogP contribution >= 0.6 is 0 Å². The Labute approximate surface area is 252 Å². The summed E-state index contributed by atoms with van der Waals surface area (Å²) in [5.41, 5.74) is 8.04. The van der Waals surface area contributed by atoms with Crippen LogP contribution in [0.1, 0.15) is 50.8 Å². The number of fused-ring (bicyclic) bond motifs is 4. The van der Waals surface area contributed by atoms with Crippen LogP contribution in [0.25, 0.3) is 34.7 Å². The topological polar surface area (TPSA) is 44.5 Å². The third kappa shape index (κ3) is 3.88. The lowest BCUT2D eigenvalue weighted by Crippen LogP contribution is -2.41. The number of aromatic nitrogens is 1. The molecule has 5 heteroatoms. The van der Waals surface area contributed by atoms with Crippen LogP contribution in [0, 0.1) is 5.92 Å². The van der Waals surface area contributed by atoms with E-state index in [1.165, 1.54) is 27.8 Å². The fourth-order valence-electron chi connectivity index (χ4n) is 7.19. The first-order valence-electron chi connectivity index (χ1n) is 15.2. The smallest absolute Gasteiger partial charge is 0.436 e. The summed E-state index contributed by atoms with van der Waals surface area (Å²) in [4.78, 5) is 4.99. The highest BCUT2D eigenvalue weighted by Gasteiger charge is 2.53. The van der Waals surface area contributed by atoms with E-state index in [0.717, 1.165) is 28.2 Å². The molecule has 2 atom stereocenters. The van der Waals surface area contributed by atoms with E-state index in [9.17, 15) is 0 Å². The Morgan fingerprint density at radius 2 is 1.37 bits per heavy atom. The van der Waals surface area contributed by atoms with Crippen molar-refractivity contribution >= 4 is 24.7 Å². The van der Waals surface area contributed by atoms with Gasteiger partial charge in [-0.25, -0.2) is 4.98 Å². The van der Waals surface area contributed by atoms with Gasteiger partial charge in [-0.1, -0.05) is 91.0 Å². The third-order valence-electron chi connectivity index (χ3n) is 10.0. The lowest BCUT2D eigenvalue weighted by atomic mass is 9.62. The van der Waals surface area contributed by atoms with Crippen molar-refractivity contribution in [1.29, 1.82) is 0 Å². The van der Waals surface area contributed by atoms with Gasteiger partial charge in [-0.05, 0) is 91.7 Å². The van der Waals surface area contributed by atoms with Gasteiger partial charge in [0.15, 0.2) is 5.42 Å². The Kier molecular flexibility index (Phi) is 5.78. The van der Waals surface area contributed by atoms with Crippen LogP contribution in [0.5, 0.6) is 0 Å². The van der Waals surface area contributed by atoms with Crippen molar-refractivity contribution in [3.05, 3.63) is 131 Å². The molecular weight excluding hydrogens is 529 g/mol. The van der Waals surface area contributed by atoms with Crippen LogP contribution in [-0.2, 0) is 14.7 Å². The fraction of sp³-hybridized carbons (Fsp3) is 0.237. The molecule has 2 heterocycles. The maximum Gasteiger partial charge on any atom is 0.494 e. The van der Waals surface area contributed by atoms with Gasteiger partial charge in [-0.3, -0.25) is 0 Å². The van der Waals surface area contributed by atoms with Crippen molar-refractivity contribution in [2.45, 2.75) is 50.7 Å². The Bertz CT molecular complexity index is 1960. The van der Waals surface area contributed by atoms with Crippen LogP contribution in [0.2, 0.25) is 0 Å². The third-order valence-corrected chi connectivity index (χ3v) is 10.0. The molecule has 2 aliphatic carbocycles. The highest BCUT2D eigenvalue weighted by molar-refractivity contribution is 6.62. The van der Waals surface area contributed by atoms with E-state index < -0.39 is 23.7 Å². The van der Waals surface area contributed by atoms with Crippen LogP contribution in [0.3, 0.4) is 0 Å². The molecule has 0 spiro atoms. The average Bonchev–Trinajstić information content (AvgIpc) is 3.65. The van der Waals surface area contributed by atoms with Gasteiger partial charge in [0.1, 0.15) is 5.35 Å². The van der Waals surface area contributed by atoms with Gasteiger partial charge >= 0.3 is 7.12 Å². The molecule has 1 aromatic heterocycles. The lowest BCUT2D eigenvalue weighted by Gasteiger charge is -2.39. The number of rotatable bonds is 4. The minimum atomic E-state index is -0.419. The molecule has 1 saturated heterocycles. The van der Waals surface area contributed by atoms with Crippen LogP contribution in [0.4, 0.5) is 0 Å². The van der Waals surface area contributed by atoms with Gasteiger partial charge in [0.2, 0.25) is 5.89 Å². The number of hydrogen-bond donors (Lipinski definition) is 0. The quantitative estimate of drug-likeness (QED) is 0.243. The van der Waals surface area contributed by atoms with Gasteiger partial charge in [0.05, 0.1) is 16.6 Å². The van der Waals surface area contributed by atoms with Crippen molar-refractivity contribution in [2.75, 3.05) is 0 Å². The standard InChI is InChI=1S/C38H34BNO3/c1-36(2)37(3,4)43-39(42-36)28-20-21-32-30(24-28)29-17-11-12-18-31(29)38(32,26-15-9-6-10-16-26)27-19-22-34-33(23-27)40-35(41-34)25-13-7-5-8-14-25/h5-18,20-24,27H,19H2,1-4H3. The van der Waals surface area contributed by atoms with E-state index in [-0.39, 0.29) is 5.92 Å². The molecule has 212 valence electrons. The first-order valence-corrected chi connectivity index (χ1v) is 15.2. The van der Waals surface area contributed by atoms with E-state index >= 15 is 0 Å². The monoisotopic (exact) mass is 563 g/mol. The first kappa shape index (κ1) is 26.4. The lowest BCUT2D eigenvalue weighted by molar-refractivity contribution is 0.00578. The fourth-order valence-corrected chi connectivity index (χ4v) is 7.19. The van der Waals surface area contributed by atoms with E-state index in [4.69, 9.17) is 18.7 Å². The zero-order valence-corrected chi connectivity index (χ0v) is 25.0. The summed E-state index contributed by atoms with van der Waals surface area (Å²) >= 11 is 0. The van der Waals surface area contributed by atoms with Crippen LogP contribution < -0.4 is 16.2 Å². The average molecular weight is 564 g/mol. The highest BCUT2D eigenvalue weighted by atomic mass is 16.7. The summed E-state index contributed by atoms with van der Waals surface area (Å²) < 4.78 is 19.2. The van der Waals surface area contributed by atoms with Crippen molar-refractivity contribution in [3.63, 3.8) is 0 Å². The van der Waals surface area contributed by atoms with Crippen molar-refractivity contribution < 1.29 is 13.7 Å². The molecule has 8 rings (SSSR count). The molecule has 1 fully saturated rings. The van der Waals surface area contributed by atoms with Gasteiger partial charge in [0.25, 0.3) is 0 Å². The second-order valence-electron chi connectivity index (χ2n) is 13.0. The molecule has 0 bridgehead atoms. The highest BCUT2D eigenvalue weighted by Crippen LogP contribution is 2.57. The zero-order valence-electron chi connectivity index (χ0n) is 25.0. The molecule has 43 heavy (non-hydrogen) atoms. The minimum absolute atomic E-state index is 0.126. The summed E-state index contributed by atoms with van der Waals surface area (Å²) in [6.07, 6.45) is 5.40. The summed E-state index contributed by atoms with van der Waals surface area (Å²) in [5, 5.41) is 0.908. The van der Waals surface area contributed by atoms with Gasteiger partial charge in [0, 0.05) is 11.5 Å². The van der Waals surface area contributed by atoms with Crippen LogP contribution in [0.15, 0.2) is 108 Å². The summed E-state index contributed by atoms with van der Waals surface area (Å²) in [6.45, 7) is 8.42. The molecule has 2 unspecified atom stereocenters. The van der Waals surface area contributed by atoms with Gasteiger partial charge in [-0.2, -0.15) is 0 Å². The van der Waals surface area contributed by atoms with Gasteiger partial charge in [-0.15, -0.1) is 0 Å². The Hall–Kier alpha value is -4.19. The SMILES string of the molecule is CC1(C)OB(c2ccc3c(c2)-c2ccccc2C3(c2ccccc2)C2C=c3nc(-c4ccccc4)oc3=CC2)OC1(C)C. The molecule has 3 aliphatic rings. The zero-order chi connectivity index (χ0) is 29.4. The van der Waals surface area contributed by atoms with E-state index in [0.29, 0.717) is 5.89 Å². The van der Waals surface area contributed by atoms with E-state index in [1.807, 2.05) is 30.3 Å². The number of benzene rings is 4. The van der Waals surface area contributed by atoms with Crippen molar-refractivity contribution in [1.82, 2.24) is 4.98 Å². The maximum atomic E-state index is 6.48. The number of nitrogens with zero attached hydrogens (tertiary/aromatic N) is 1. The van der Waals surface area contributed by atoms with E-state index in [2.05, 4.69) is 113 Å². The van der Waals surface area contributed by atoms with Gasteiger partial charge < -0.3 is 13.7 Å². The molecule has 5 aromatic rings. The molecular formula is C38H34BNO3. The van der Waals surface area contributed by atoms with E-state index in [1.54, 1.807) is 0 Å². The maximum absolute atomic E-state index is 6.48. The molecule has 0 amide bonds. The number of oxazole rings is 1. The first-order chi connectivity index (χ1) is 20.8. The minimum Gasteiger partial charge on any atom is -0.436 e. The summed E-state index contributed by atoms with van der Waals surface area (Å²) in [5.74, 6) is 0.785. The predicted octanol–water partition coefficient (Wildman–Crippen LogP) is 6.24. The molecule has 1 aliphatic heterocycles. The Morgan fingerprint density at radius 3 is 2.12 bits per heavy atom. The Balaban J connectivity index is 1.32.